The minimum Gasteiger partial charge on any atom is -0.347 e. The van der Waals surface area contributed by atoms with Gasteiger partial charge in [-0.3, -0.25) is 4.79 Å². The summed E-state index contributed by atoms with van der Waals surface area (Å²) in [5, 5.41) is 8.33. The molecule has 0 bridgehead atoms. The predicted octanol–water partition coefficient (Wildman–Crippen LogP) is 3.86. The third-order valence-electron chi connectivity index (χ3n) is 2.94. The molecule has 0 saturated heterocycles. The van der Waals surface area contributed by atoms with Crippen molar-refractivity contribution in [2.24, 2.45) is 0 Å². The van der Waals surface area contributed by atoms with Crippen LogP contribution in [0.15, 0.2) is 54.6 Å². The summed E-state index contributed by atoms with van der Waals surface area (Å²) in [6.07, 6.45) is 0. The quantitative estimate of drug-likeness (QED) is 0.805. The van der Waals surface area contributed by atoms with Crippen LogP contribution in [0, 0.1) is 0 Å². The van der Waals surface area contributed by atoms with E-state index in [0.29, 0.717) is 16.9 Å². The molecule has 0 saturated carbocycles. The van der Waals surface area contributed by atoms with Crippen molar-refractivity contribution in [2.75, 3.05) is 10.6 Å². The van der Waals surface area contributed by atoms with Crippen molar-refractivity contribution >= 4 is 23.3 Å². The minimum atomic E-state index is -0.396. The molecule has 2 aromatic rings. The van der Waals surface area contributed by atoms with Gasteiger partial charge in [-0.05, 0) is 45.0 Å². The largest absolute Gasteiger partial charge is 0.347 e. The summed E-state index contributed by atoms with van der Waals surface area (Å²) in [5.74, 6) is -0.229. The maximum Gasteiger partial charge on any atom is 0.323 e. The van der Waals surface area contributed by atoms with E-state index in [0.717, 1.165) is 0 Å². The SMILES string of the molecule is CC(C)(C)NC(=O)c1ccccc1NC(=O)Nc1ccccc1. The molecule has 0 aliphatic carbocycles. The lowest BCUT2D eigenvalue weighted by Gasteiger charge is -2.21. The number of carbonyl (C=O) groups excluding carboxylic acids is 2. The van der Waals surface area contributed by atoms with Crippen molar-refractivity contribution in [3.8, 4) is 0 Å². The zero-order chi connectivity index (χ0) is 16.9. The Morgan fingerprint density at radius 2 is 1.43 bits per heavy atom. The molecule has 2 rings (SSSR count). The topological polar surface area (TPSA) is 70.2 Å². The van der Waals surface area contributed by atoms with Crippen molar-refractivity contribution < 1.29 is 9.59 Å². The zero-order valence-electron chi connectivity index (χ0n) is 13.5. The summed E-state index contributed by atoms with van der Waals surface area (Å²) in [7, 11) is 0. The number of para-hydroxylation sites is 2. The van der Waals surface area contributed by atoms with Crippen LogP contribution in [-0.2, 0) is 0 Å². The number of benzene rings is 2. The van der Waals surface area contributed by atoms with E-state index >= 15 is 0 Å². The van der Waals surface area contributed by atoms with Crippen LogP contribution in [0.2, 0.25) is 0 Å². The van der Waals surface area contributed by atoms with Gasteiger partial charge in [0.25, 0.3) is 5.91 Å². The molecule has 5 heteroatoms. The van der Waals surface area contributed by atoms with E-state index in [4.69, 9.17) is 0 Å². The van der Waals surface area contributed by atoms with Gasteiger partial charge < -0.3 is 16.0 Å². The number of amides is 3. The number of rotatable bonds is 3. The molecule has 0 unspecified atom stereocenters. The van der Waals surface area contributed by atoms with E-state index in [1.165, 1.54) is 0 Å². The van der Waals surface area contributed by atoms with Gasteiger partial charge in [0.05, 0.1) is 11.3 Å². The Bertz CT molecular complexity index is 691. The van der Waals surface area contributed by atoms with Crippen LogP contribution in [0.5, 0.6) is 0 Å². The van der Waals surface area contributed by atoms with Gasteiger partial charge >= 0.3 is 6.03 Å². The van der Waals surface area contributed by atoms with Crippen LogP contribution in [0.1, 0.15) is 31.1 Å². The lowest BCUT2D eigenvalue weighted by Crippen LogP contribution is -2.41. The molecule has 2 aromatic carbocycles. The standard InChI is InChI=1S/C18H21N3O2/c1-18(2,3)21-16(22)14-11-7-8-12-15(14)20-17(23)19-13-9-5-4-6-10-13/h4-12H,1-3H3,(H,21,22)(H2,19,20,23). The molecule has 3 amide bonds. The summed E-state index contributed by atoms with van der Waals surface area (Å²) in [5.41, 5.74) is 1.21. The number of carbonyl (C=O) groups is 2. The van der Waals surface area contributed by atoms with Crippen molar-refractivity contribution in [2.45, 2.75) is 26.3 Å². The summed E-state index contributed by atoms with van der Waals surface area (Å²) in [6, 6.07) is 15.6. The Kier molecular flexibility index (Phi) is 5.01. The Hall–Kier alpha value is -2.82. The predicted molar refractivity (Wildman–Crippen MR) is 92.7 cm³/mol. The highest BCUT2D eigenvalue weighted by atomic mass is 16.2. The highest BCUT2D eigenvalue weighted by Gasteiger charge is 2.18. The third-order valence-corrected chi connectivity index (χ3v) is 2.94. The van der Waals surface area contributed by atoms with Crippen molar-refractivity contribution in [3.63, 3.8) is 0 Å². The first-order valence-electron chi connectivity index (χ1n) is 7.40. The number of anilines is 2. The lowest BCUT2D eigenvalue weighted by molar-refractivity contribution is 0.0920. The number of hydrogen-bond donors (Lipinski definition) is 3. The molecule has 0 heterocycles. The van der Waals surface area contributed by atoms with Gasteiger partial charge in [-0.15, -0.1) is 0 Å². The zero-order valence-corrected chi connectivity index (χ0v) is 13.5. The Labute approximate surface area is 136 Å². The first-order chi connectivity index (χ1) is 10.8. The second kappa shape index (κ2) is 6.96. The number of nitrogens with one attached hydrogen (secondary N) is 3. The molecule has 23 heavy (non-hydrogen) atoms. The molecule has 5 nitrogen and oxygen atoms in total. The average molecular weight is 311 g/mol. The number of hydrogen-bond acceptors (Lipinski definition) is 2. The third kappa shape index (κ3) is 5.14. The minimum absolute atomic E-state index is 0.229. The first kappa shape index (κ1) is 16.5. The van der Waals surface area contributed by atoms with Gasteiger partial charge in [0.1, 0.15) is 0 Å². The van der Waals surface area contributed by atoms with Crippen LogP contribution in [0.4, 0.5) is 16.2 Å². The van der Waals surface area contributed by atoms with Crippen LogP contribution in [-0.4, -0.2) is 17.5 Å². The summed E-state index contributed by atoms with van der Waals surface area (Å²) >= 11 is 0. The van der Waals surface area contributed by atoms with Crippen LogP contribution in [0.25, 0.3) is 0 Å². The number of urea groups is 1. The summed E-state index contributed by atoms with van der Waals surface area (Å²) in [4.78, 5) is 24.4. The maximum atomic E-state index is 12.3. The Balaban J connectivity index is 2.11. The van der Waals surface area contributed by atoms with E-state index in [1.807, 2.05) is 39.0 Å². The summed E-state index contributed by atoms with van der Waals surface area (Å²) in [6.45, 7) is 5.72. The van der Waals surface area contributed by atoms with Crippen molar-refractivity contribution in [1.82, 2.24) is 5.32 Å². The Morgan fingerprint density at radius 3 is 2.09 bits per heavy atom. The molecular weight excluding hydrogens is 290 g/mol. The molecule has 0 radical (unpaired) electrons. The normalized spacial score (nSPS) is 10.7. The average Bonchev–Trinajstić information content (AvgIpc) is 2.47. The molecule has 0 spiro atoms. The van der Waals surface area contributed by atoms with E-state index in [2.05, 4.69) is 16.0 Å². The van der Waals surface area contributed by atoms with Crippen LogP contribution < -0.4 is 16.0 Å². The molecule has 0 aliphatic heterocycles. The lowest BCUT2D eigenvalue weighted by atomic mass is 10.1. The fraction of sp³-hybridized carbons (Fsp3) is 0.222. The molecule has 0 fully saturated rings. The van der Waals surface area contributed by atoms with E-state index in [9.17, 15) is 9.59 Å². The molecule has 120 valence electrons. The fourth-order valence-electron chi connectivity index (χ4n) is 2.00. The smallest absolute Gasteiger partial charge is 0.323 e. The molecular formula is C18H21N3O2. The molecule has 0 aliphatic rings. The van der Waals surface area contributed by atoms with Gasteiger partial charge in [-0.25, -0.2) is 4.79 Å². The summed E-state index contributed by atoms with van der Waals surface area (Å²) < 4.78 is 0. The second-order valence-electron chi connectivity index (χ2n) is 6.19. The van der Waals surface area contributed by atoms with E-state index in [1.54, 1.807) is 36.4 Å². The van der Waals surface area contributed by atoms with Gasteiger partial charge in [-0.2, -0.15) is 0 Å². The van der Waals surface area contributed by atoms with Gasteiger partial charge in [0, 0.05) is 11.2 Å². The highest BCUT2D eigenvalue weighted by molar-refractivity contribution is 6.06. The van der Waals surface area contributed by atoms with Crippen molar-refractivity contribution in [1.29, 1.82) is 0 Å². The second-order valence-corrected chi connectivity index (χ2v) is 6.19. The monoisotopic (exact) mass is 311 g/mol. The van der Waals surface area contributed by atoms with E-state index in [-0.39, 0.29) is 11.4 Å². The molecule has 0 aromatic heterocycles. The first-order valence-corrected chi connectivity index (χ1v) is 7.40. The van der Waals surface area contributed by atoms with Crippen LogP contribution >= 0.6 is 0 Å². The van der Waals surface area contributed by atoms with Gasteiger partial charge in [0.2, 0.25) is 0 Å². The van der Waals surface area contributed by atoms with Crippen molar-refractivity contribution in [3.05, 3.63) is 60.2 Å². The van der Waals surface area contributed by atoms with Gasteiger partial charge in [0.15, 0.2) is 0 Å². The Morgan fingerprint density at radius 1 is 0.826 bits per heavy atom. The fourth-order valence-corrected chi connectivity index (χ4v) is 2.00. The molecule has 0 atom stereocenters. The highest BCUT2D eigenvalue weighted by Crippen LogP contribution is 2.17. The maximum absolute atomic E-state index is 12.3. The van der Waals surface area contributed by atoms with Crippen LogP contribution in [0.3, 0.4) is 0 Å². The van der Waals surface area contributed by atoms with E-state index < -0.39 is 6.03 Å². The molecule has 3 N–H and O–H groups in total. The van der Waals surface area contributed by atoms with Gasteiger partial charge in [-0.1, -0.05) is 30.3 Å².